The van der Waals surface area contributed by atoms with E-state index >= 15 is 0 Å². The van der Waals surface area contributed by atoms with Crippen molar-refractivity contribution in [1.82, 2.24) is 5.32 Å². The van der Waals surface area contributed by atoms with Crippen LogP contribution >= 0.6 is 0 Å². The maximum Gasteiger partial charge on any atom is 0.0317 e. The Kier molecular flexibility index (Phi) is 9.44. The van der Waals surface area contributed by atoms with Crippen LogP contribution in [-0.4, -0.2) is 6.54 Å². The highest BCUT2D eigenvalue weighted by Crippen LogP contribution is 2.16. The number of nitrogens with one attached hydrogen (secondary N) is 1. The van der Waals surface area contributed by atoms with Crippen molar-refractivity contribution in [2.45, 2.75) is 71.3 Å². The van der Waals surface area contributed by atoms with Crippen molar-refractivity contribution >= 4 is 0 Å². The molecule has 0 aliphatic rings. The van der Waals surface area contributed by atoms with Crippen molar-refractivity contribution in [3.05, 3.63) is 35.9 Å². The summed E-state index contributed by atoms with van der Waals surface area (Å²) in [6.45, 7) is 5.69. The van der Waals surface area contributed by atoms with Gasteiger partial charge in [-0.3, -0.25) is 0 Å². The molecular formula is C18H31N. The Morgan fingerprint density at radius 1 is 0.842 bits per heavy atom. The second-order valence-corrected chi connectivity index (χ2v) is 5.45. The molecular weight excluding hydrogens is 230 g/mol. The van der Waals surface area contributed by atoms with Gasteiger partial charge in [0.1, 0.15) is 0 Å². The van der Waals surface area contributed by atoms with Crippen LogP contribution in [0.4, 0.5) is 0 Å². The Morgan fingerprint density at radius 3 is 2.11 bits per heavy atom. The topological polar surface area (TPSA) is 12.0 Å². The molecule has 1 unspecified atom stereocenters. The maximum atomic E-state index is 3.69. The monoisotopic (exact) mass is 261 g/mol. The number of rotatable bonds is 11. The second-order valence-electron chi connectivity index (χ2n) is 5.45. The lowest BCUT2D eigenvalue weighted by atomic mass is 10.0. The third-order valence-corrected chi connectivity index (χ3v) is 3.78. The largest absolute Gasteiger partial charge is 0.310 e. The summed E-state index contributed by atoms with van der Waals surface area (Å²) in [5, 5.41) is 3.69. The Morgan fingerprint density at radius 2 is 1.47 bits per heavy atom. The first-order valence-electron chi connectivity index (χ1n) is 8.16. The average Bonchev–Trinajstić information content (AvgIpc) is 2.47. The third kappa shape index (κ3) is 7.37. The van der Waals surface area contributed by atoms with Gasteiger partial charge in [-0.15, -0.1) is 0 Å². The molecule has 1 nitrogen and oxygen atoms in total. The summed E-state index contributed by atoms with van der Waals surface area (Å²) in [7, 11) is 0. The minimum atomic E-state index is 0.529. The maximum absolute atomic E-state index is 3.69. The highest BCUT2D eigenvalue weighted by molar-refractivity contribution is 5.18. The van der Waals surface area contributed by atoms with Gasteiger partial charge in [-0.2, -0.15) is 0 Å². The molecule has 0 radical (unpaired) electrons. The number of hydrogen-bond acceptors (Lipinski definition) is 1. The van der Waals surface area contributed by atoms with E-state index in [4.69, 9.17) is 0 Å². The van der Waals surface area contributed by atoms with Crippen LogP contribution in [-0.2, 0) is 0 Å². The lowest BCUT2D eigenvalue weighted by molar-refractivity contribution is 0.492. The van der Waals surface area contributed by atoms with Gasteiger partial charge in [-0.1, -0.05) is 82.7 Å². The predicted octanol–water partition coefficient (Wildman–Crippen LogP) is 5.48. The second kappa shape index (κ2) is 11.0. The van der Waals surface area contributed by atoms with Gasteiger partial charge >= 0.3 is 0 Å². The SMILES string of the molecule is CCCCCCCCCNC(CC)c1ccccc1. The van der Waals surface area contributed by atoms with Gasteiger partial charge in [0.15, 0.2) is 0 Å². The summed E-state index contributed by atoms with van der Waals surface area (Å²) >= 11 is 0. The highest BCUT2D eigenvalue weighted by atomic mass is 14.9. The van der Waals surface area contributed by atoms with E-state index in [0.717, 1.165) is 6.54 Å². The van der Waals surface area contributed by atoms with Gasteiger partial charge in [0, 0.05) is 6.04 Å². The lowest BCUT2D eigenvalue weighted by Gasteiger charge is -2.17. The fourth-order valence-corrected chi connectivity index (χ4v) is 2.54. The molecule has 0 heterocycles. The summed E-state index contributed by atoms with van der Waals surface area (Å²) in [4.78, 5) is 0. The van der Waals surface area contributed by atoms with Gasteiger partial charge < -0.3 is 5.32 Å². The van der Waals surface area contributed by atoms with E-state index in [1.807, 2.05) is 0 Å². The molecule has 0 aliphatic heterocycles. The molecule has 0 spiro atoms. The summed E-state index contributed by atoms with van der Waals surface area (Å²) in [6, 6.07) is 11.3. The Hall–Kier alpha value is -0.820. The van der Waals surface area contributed by atoms with Crippen LogP contribution < -0.4 is 5.32 Å². The molecule has 0 bridgehead atoms. The molecule has 1 N–H and O–H groups in total. The highest BCUT2D eigenvalue weighted by Gasteiger charge is 2.06. The molecule has 1 heteroatoms. The molecule has 0 amide bonds. The van der Waals surface area contributed by atoms with Gasteiger partial charge in [-0.05, 0) is 24.9 Å². The van der Waals surface area contributed by atoms with Crippen LogP contribution in [0.1, 0.15) is 76.8 Å². The summed E-state index contributed by atoms with van der Waals surface area (Å²) in [5.74, 6) is 0. The van der Waals surface area contributed by atoms with Crippen molar-refractivity contribution in [3.63, 3.8) is 0 Å². The molecule has 1 rings (SSSR count). The minimum Gasteiger partial charge on any atom is -0.310 e. The van der Waals surface area contributed by atoms with E-state index in [1.165, 1.54) is 56.9 Å². The van der Waals surface area contributed by atoms with E-state index < -0.39 is 0 Å². The van der Waals surface area contributed by atoms with E-state index in [9.17, 15) is 0 Å². The van der Waals surface area contributed by atoms with E-state index in [2.05, 4.69) is 49.5 Å². The Bertz CT molecular complexity index is 294. The molecule has 19 heavy (non-hydrogen) atoms. The molecule has 0 aromatic heterocycles. The Labute approximate surface area is 119 Å². The van der Waals surface area contributed by atoms with Crippen LogP contribution in [0.3, 0.4) is 0 Å². The standard InChI is InChI=1S/C18H31N/c1-3-5-6-7-8-9-13-16-19-18(4-2)17-14-11-10-12-15-17/h10-12,14-15,18-19H,3-9,13,16H2,1-2H3. The number of hydrogen-bond donors (Lipinski definition) is 1. The molecule has 1 aromatic rings. The van der Waals surface area contributed by atoms with Crippen molar-refractivity contribution in [2.24, 2.45) is 0 Å². The van der Waals surface area contributed by atoms with Crippen LogP contribution in [0.5, 0.6) is 0 Å². The Balaban J connectivity index is 2.07. The van der Waals surface area contributed by atoms with E-state index in [-0.39, 0.29) is 0 Å². The zero-order valence-corrected chi connectivity index (χ0v) is 12.8. The zero-order valence-electron chi connectivity index (χ0n) is 12.8. The summed E-state index contributed by atoms with van der Waals surface area (Å²) in [6.07, 6.45) is 10.9. The number of benzene rings is 1. The summed E-state index contributed by atoms with van der Waals surface area (Å²) in [5.41, 5.74) is 1.42. The first kappa shape index (κ1) is 16.2. The van der Waals surface area contributed by atoms with Crippen molar-refractivity contribution in [2.75, 3.05) is 6.54 Å². The quantitative estimate of drug-likeness (QED) is 0.520. The van der Waals surface area contributed by atoms with Crippen LogP contribution in [0.25, 0.3) is 0 Å². The zero-order chi connectivity index (χ0) is 13.8. The van der Waals surface area contributed by atoms with Crippen molar-refractivity contribution in [1.29, 1.82) is 0 Å². The van der Waals surface area contributed by atoms with Gasteiger partial charge in [0.25, 0.3) is 0 Å². The van der Waals surface area contributed by atoms with Crippen LogP contribution in [0.2, 0.25) is 0 Å². The smallest absolute Gasteiger partial charge is 0.0317 e. The minimum absolute atomic E-state index is 0.529. The third-order valence-electron chi connectivity index (χ3n) is 3.78. The molecule has 0 aliphatic carbocycles. The van der Waals surface area contributed by atoms with E-state index in [0.29, 0.717) is 6.04 Å². The molecule has 1 atom stereocenters. The first-order valence-corrected chi connectivity index (χ1v) is 8.16. The van der Waals surface area contributed by atoms with Gasteiger partial charge in [0.05, 0.1) is 0 Å². The average molecular weight is 261 g/mol. The fourth-order valence-electron chi connectivity index (χ4n) is 2.54. The van der Waals surface area contributed by atoms with Crippen LogP contribution in [0, 0.1) is 0 Å². The molecule has 1 aromatic carbocycles. The fraction of sp³-hybridized carbons (Fsp3) is 0.667. The number of unbranched alkanes of at least 4 members (excludes halogenated alkanes) is 6. The van der Waals surface area contributed by atoms with Crippen molar-refractivity contribution < 1.29 is 0 Å². The molecule has 108 valence electrons. The van der Waals surface area contributed by atoms with Gasteiger partial charge in [0.2, 0.25) is 0 Å². The van der Waals surface area contributed by atoms with Crippen LogP contribution in [0.15, 0.2) is 30.3 Å². The first-order chi connectivity index (χ1) is 9.38. The molecule has 0 saturated heterocycles. The molecule has 0 fully saturated rings. The van der Waals surface area contributed by atoms with Crippen molar-refractivity contribution in [3.8, 4) is 0 Å². The normalized spacial score (nSPS) is 12.5. The molecule has 0 saturated carbocycles. The van der Waals surface area contributed by atoms with E-state index in [1.54, 1.807) is 0 Å². The van der Waals surface area contributed by atoms with Gasteiger partial charge in [-0.25, -0.2) is 0 Å². The predicted molar refractivity (Wildman–Crippen MR) is 85.5 cm³/mol. The summed E-state index contributed by atoms with van der Waals surface area (Å²) < 4.78 is 0. The lowest BCUT2D eigenvalue weighted by Crippen LogP contribution is -2.21.